The molecule has 0 bridgehead atoms. The van der Waals surface area contributed by atoms with Crippen LogP contribution in [0.25, 0.3) is 0 Å². The number of ether oxygens (including phenoxy) is 1. The standard InChI is InChI=1S/C7H14O4/c1-11-6-3-4(8)2-5(9)7(6)10/h4-10H,2-3H2,1H3/t4?,5-,6?,7-/m0/s1. The molecule has 0 spiro atoms. The number of methoxy groups -OCH3 is 1. The summed E-state index contributed by atoms with van der Waals surface area (Å²) < 4.78 is 4.87. The van der Waals surface area contributed by atoms with Crippen LogP contribution in [0.1, 0.15) is 12.8 Å². The van der Waals surface area contributed by atoms with Crippen molar-refractivity contribution in [1.82, 2.24) is 0 Å². The van der Waals surface area contributed by atoms with E-state index < -0.39 is 24.4 Å². The normalized spacial score (nSPS) is 45.8. The van der Waals surface area contributed by atoms with Gasteiger partial charge < -0.3 is 20.1 Å². The molecule has 1 fully saturated rings. The average molecular weight is 162 g/mol. The van der Waals surface area contributed by atoms with Gasteiger partial charge in [0.15, 0.2) is 0 Å². The van der Waals surface area contributed by atoms with Gasteiger partial charge in [0.2, 0.25) is 0 Å². The van der Waals surface area contributed by atoms with Crippen LogP contribution < -0.4 is 0 Å². The van der Waals surface area contributed by atoms with Crippen molar-refractivity contribution in [2.24, 2.45) is 0 Å². The highest BCUT2D eigenvalue weighted by Gasteiger charge is 2.34. The van der Waals surface area contributed by atoms with E-state index in [1.54, 1.807) is 0 Å². The van der Waals surface area contributed by atoms with Crippen molar-refractivity contribution in [3.63, 3.8) is 0 Å². The summed E-state index contributed by atoms with van der Waals surface area (Å²) in [7, 11) is 1.46. The second kappa shape index (κ2) is 3.49. The van der Waals surface area contributed by atoms with Crippen molar-refractivity contribution >= 4 is 0 Å². The fourth-order valence-electron chi connectivity index (χ4n) is 1.41. The molecule has 1 saturated carbocycles. The molecule has 2 unspecified atom stereocenters. The van der Waals surface area contributed by atoms with Crippen LogP contribution in [-0.2, 0) is 4.74 Å². The summed E-state index contributed by atoms with van der Waals surface area (Å²) in [4.78, 5) is 0. The van der Waals surface area contributed by atoms with Crippen molar-refractivity contribution < 1.29 is 20.1 Å². The molecule has 4 heteroatoms. The van der Waals surface area contributed by atoms with Crippen LogP contribution in [0.15, 0.2) is 0 Å². The zero-order chi connectivity index (χ0) is 8.43. The molecule has 11 heavy (non-hydrogen) atoms. The van der Waals surface area contributed by atoms with Gasteiger partial charge in [0.05, 0.1) is 18.3 Å². The van der Waals surface area contributed by atoms with E-state index in [4.69, 9.17) is 14.9 Å². The lowest BCUT2D eigenvalue weighted by Gasteiger charge is -2.33. The zero-order valence-electron chi connectivity index (χ0n) is 6.47. The van der Waals surface area contributed by atoms with Crippen molar-refractivity contribution in [2.45, 2.75) is 37.3 Å². The van der Waals surface area contributed by atoms with Crippen LogP contribution in [0.2, 0.25) is 0 Å². The summed E-state index contributed by atoms with van der Waals surface area (Å²) in [5.41, 5.74) is 0. The molecular weight excluding hydrogens is 148 g/mol. The van der Waals surface area contributed by atoms with Crippen LogP contribution in [0.4, 0.5) is 0 Å². The number of rotatable bonds is 1. The Morgan fingerprint density at radius 3 is 2.36 bits per heavy atom. The monoisotopic (exact) mass is 162 g/mol. The first-order chi connectivity index (χ1) is 5.15. The summed E-state index contributed by atoms with van der Waals surface area (Å²) >= 11 is 0. The van der Waals surface area contributed by atoms with Gasteiger partial charge in [-0.05, 0) is 0 Å². The Kier molecular flexibility index (Phi) is 2.84. The Hall–Kier alpha value is -0.160. The lowest BCUT2D eigenvalue weighted by atomic mass is 9.90. The lowest BCUT2D eigenvalue weighted by Crippen LogP contribution is -2.47. The summed E-state index contributed by atoms with van der Waals surface area (Å²) in [6, 6.07) is 0. The van der Waals surface area contributed by atoms with Crippen LogP contribution >= 0.6 is 0 Å². The molecule has 1 rings (SSSR count). The predicted octanol–water partition coefficient (Wildman–Crippen LogP) is -1.12. The molecule has 0 aliphatic heterocycles. The van der Waals surface area contributed by atoms with Gasteiger partial charge in [-0.15, -0.1) is 0 Å². The molecule has 0 aromatic carbocycles. The third kappa shape index (κ3) is 1.90. The van der Waals surface area contributed by atoms with Crippen molar-refractivity contribution in [3.05, 3.63) is 0 Å². The van der Waals surface area contributed by atoms with Gasteiger partial charge in [-0.3, -0.25) is 0 Å². The van der Waals surface area contributed by atoms with Crippen molar-refractivity contribution in [2.75, 3.05) is 7.11 Å². The first-order valence-electron chi connectivity index (χ1n) is 3.72. The van der Waals surface area contributed by atoms with Gasteiger partial charge in [0.1, 0.15) is 6.10 Å². The molecule has 0 radical (unpaired) electrons. The molecule has 0 amide bonds. The maximum Gasteiger partial charge on any atom is 0.106 e. The van der Waals surface area contributed by atoms with Gasteiger partial charge in [-0.25, -0.2) is 0 Å². The average Bonchev–Trinajstić information content (AvgIpc) is 1.96. The number of aliphatic hydroxyl groups is 3. The molecular formula is C7H14O4. The Labute approximate surface area is 65.4 Å². The second-order valence-corrected chi connectivity index (χ2v) is 2.96. The summed E-state index contributed by atoms with van der Waals surface area (Å²) in [5, 5.41) is 27.6. The molecule has 0 aromatic rings. The largest absolute Gasteiger partial charge is 0.393 e. The molecule has 4 atom stereocenters. The quantitative estimate of drug-likeness (QED) is 0.456. The maximum absolute atomic E-state index is 9.27. The first-order valence-corrected chi connectivity index (χ1v) is 3.72. The van der Waals surface area contributed by atoms with Crippen LogP contribution in [0, 0.1) is 0 Å². The van der Waals surface area contributed by atoms with Crippen LogP contribution in [-0.4, -0.2) is 46.8 Å². The second-order valence-electron chi connectivity index (χ2n) is 2.96. The number of aliphatic hydroxyl groups excluding tert-OH is 3. The van der Waals surface area contributed by atoms with Crippen LogP contribution in [0.3, 0.4) is 0 Å². The third-order valence-electron chi connectivity index (χ3n) is 2.10. The molecule has 66 valence electrons. The van der Waals surface area contributed by atoms with E-state index in [2.05, 4.69) is 0 Å². The van der Waals surface area contributed by atoms with E-state index in [1.807, 2.05) is 0 Å². The van der Waals surface area contributed by atoms with E-state index in [0.717, 1.165) is 0 Å². The summed E-state index contributed by atoms with van der Waals surface area (Å²) in [6.45, 7) is 0. The van der Waals surface area contributed by atoms with Gasteiger partial charge in [0.25, 0.3) is 0 Å². The zero-order valence-corrected chi connectivity index (χ0v) is 6.47. The van der Waals surface area contributed by atoms with Gasteiger partial charge in [-0.2, -0.15) is 0 Å². The Balaban J connectivity index is 2.51. The highest BCUT2D eigenvalue weighted by molar-refractivity contribution is 4.86. The molecule has 1 aliphatic rings. The minimum Gasteiger partial charge on any atom is -0.393 e. The SMILES string of the molecule is COC1CC(O)C[C@H](O)[C@@H]1O. The Morgan fingerprint density at radius 1 is 1.18 bits per heavy atom. The molecule has 3 N–H and O–H groups in total. The Bertz CT molecular complexity index is 128. The molecule has 1 aliphatic carbocycles. The number of hydrogen-bond acceptors (Lipinski definition) is 4. The predicted molar refractivity (Wildman–Crippen MR) is 38.1 cm³/mol. The van der Waals surface area contributed by atoms with Crippen LogP contribution in [0.5, 0.6) is 0 Å². The van der Waals surface area contributed by atoms with E-state index in [9.17, 15) is 5.11 Å². The highest BCUT2D eigenvalue weighted by atomic mass is 16.5. The molecule has 0 saturated heterocycles. The van der Waals surface area contributed by atoms with Gasteiger partial charge >= 0.3 is 0 Å². The minimum atomic E-state index is -0.858. The first kappa shape index (κ1) is 8.93. The molecule has 4 nitrogen and oxygen atoms in total. The fraction of sp³-hybridized carbons (Fsp3) is 1.00. The number of hydrogen-bond donors (Lipinski definition) is 3. The lowest BCUT2D eigenvalue weighted by molar-refractivity contribution is -0.129. The van der Waals surface area contributed by atoms with Crippen molar-refractivity contribution in [3.8, 4) is 0 Å². The van der Waals surface area contributed by atoms with E-state index >= 15 is 0 Å². The maximum atomic E-state index is 9.27. The Morgan fingerprint density at radius 2 is 1.82 bits per heavy atom. The van der Waals surface area contributed by atoms with E-state index in [-0.39, 0.29) is 6.42 Å². The fourth-order valence-corrected chi connectivity index (χ4v) is 1.41. The third-order valence-corrected chi connectivity index (χ3v) is 2.10. The summed E-state index contributed by atoms with van der Waals surface area (Å²) in [6.07, 6.45) is -2.07. The molecule has 0 heterocycles. The minimum absolute atomic E-state index is 0.237. The van der Waals surface area contributed by atoms with Crippen molar-refractivity contribution in [1.29, 1.82) is 0 Å². The van der Waals surface area contributed by atoms with Gasteiger partial charge in [-0.1, -0.05) is 0 Å². The van der Waals surface area contributed by atoms with E-state index in [1.165, 1.54) is 7.11 Å². The summed E-state index contributed by atoms with van der Waals surface area (Å²) in [5.74, 6) is 0. The highest BCUT2D eigenvalue weighted by Crippen LogP contribution is 2.21. The smallest absolute Gasteiger partial charge is 0.106 e. The van der Waals surface area contributed by atoms with Gasteiger partial charge in [0, 0.05) is 20.0 Å². The van der Waals surface area contributed by atoms with E-state index in [0.29, 0.717) is 6.42 Å². The topological polar surface area (TPSA) is 69.9 Å². The molecule has 0 aromatic heterocycles.